The van der Waals surface area contributed by atoms with Crippen molar-refractivity contribution in [3.8, 4) is 0 Å². The SMILES string of the molecule is FCCCCCCCCCCC=CCCOC1CCCCO1. The molecule has 0 aromatic heterocycles. The van der Waals surface area contributed by atoms with Crippen molar-refractivity contribution in [1.29, 1.82) is 0 Å². The van der Waals surface area contributed by atoms with Crippen molar-refractivity contribution in [3.63, 3.8) is 0 Å². The van der Waals surface area contributed by atoms with Gasteiger partial charge in [-0.25, -0.2) is 0 Å². The zero-order chi connectivity index (χ0) is 15.7. The van der Waals surface area contributed by atoms with E-state index in [1.807, 2.05) is 0 Å². The molecule has 2 nitrogen and oxygen atoms in total. The summed E-state index contributed by atoms with van der Waals surface area (Å²) >= 11 is 0. The van der Waals surface area contributed by atoms with Gasteiger partial charge in [-0.2, -0.15) is 0 Å². The molecule has 1 aliphatic rings. The van der Waals surface area contributed by atoms with Gasteiger partial charge in [0.05, 0.1) is 13.3 Å². The molecule has 0 aliphatic carbocycles. The predicted octanol–water partition coefficient (Wildman–Crippen LogP) is 5.96. The third kappa shape index (κ3) is 12.2. The van der Waals surface area contributed by atoms with E-state index in [1.54, 1.807) is 0 Å². The van der Waals surface area contributed by atoms with E-state index in [0.29, 0.717) is 0 Å². The zero-order valence-corrected chi connectivity index (χ0v) is 14.2. The molecule has 22 heavy (non-hydrogen) atoms. The number of hydrogen-bond donors (Lipinski definition) is 0. The van der Waals surface area contributed by atoms with Crippen molar-refractivity contribution in [2.45, 2.75) is 89.8 Å². The molecule has 0 saturated carbocycles. The third-order valence-corrected chi connectivity index (χ3v) is 4.15. The highest BCUT2D eigenvalue weighted by Crippen LogP contribution is 2.14. The number of ether oxygens (including phenoxy) is 2. The molecule has 1 fully saturated rings. The van der Waals surface area contributed by atoms with Gasteiger partial charge in [-0.3, -0.25) is 4.39 Å². The Balaban J connectivity index is 1.74. The molecule has 1 unspecified atom stereocenters. The zero-order valence-electron chi connectivity index (χ0n) is 14.2. The van der Waals surface area contributed by atoms with E-state index in [2.05, 4.69) is 12.2 Å². The lowest BCUT2D eigenvalue weighted by Gasteiger charge is -2.22. The molecule has 130 valence electrons. The fourth-order valence-electron chi connectivity index (χ4n) is 2.76. The lowest BCUT2D eigenvalue weighted by Crippen LogP contribution is -2.22. The van der Waals surface area contributed by atoms with Crippen LogP contribution < -0.4 is 0 Å². The van der Waals surface area contributed by atoms with Gasteiger partial charge in [-0.1, -0.05) is 50.7 Å². The minimum atomic E-state index is -0.148. The predicted molar refractivity (Wildman–Crippen MR) is 90.8 cm³/mol. The Labute approximate surface area is 136 Å². The Kier molecular flexibility index (Phi) is 13.8. The molecule has 0 N–H and O–H groups in total. The Morgan fingerprint density at radius 1 is 0.864 bits per heavy atom. The highest BCUT2D eigenvalue weighted by molar-refractivity contribution is 4.81. The van der Waals surface area contributed by atoms with Gasteiger partial charge in [-0.05, 0) is 44.9 Å². The van der Waals surface area contributed by atoms with Crippen LogP contribution in [0.25, 0.3) is 0 Å². The van der Waals surface area contributed by atoms with Crippen molar-refractivity contribution >= 4 is 0 Å². The summed E-state index contributed by atoms with van der Waals surface area (Å²) in [6.45, 7) is 1.49. The highest BCUT2D eigenvalue weighted by Gasteiger charge is 2.12. The number of unbranched alkanes of at least 4 members (excludes halogenated alkanes) is 8. The van der Waals surface area contributed by atoms with Crippen molar-refractivity contribution in [3.05, 3.63) is 12.2 Å². The summed E-state index contributed by atoms with van der Waals surface area (Å²) in [5, 5.41) is 0. The van der Waals surface area contributed by atoms with Gasteiger partial charge in [0.2, 0.25) is 0 Å². The molecule has 3 heteroatoms. The van der Waals surface area contributed by atoms with Gasteiger partial charge < -0.3 is 9.47 Å². The lowest BCUT2D eigenvalue weighted by atomic mass is 10.1. The monoisotopic (exact) mass is 314 g/mol. The molecule has 1 heterocycles. The molecule has 1 rings (SSSR count). The third-order valence-electron chi connectivity index (χ3n) is 4.15. The van der Waals surface area contributed by atoms with Crippen LogP contribution in [0.3, 0.4) is 0 Å². The summed E-state index contributed by atoms with van der Waals surface area (Å²) in [5.74, 6) is 0. The second kappa shape index (κ2) is 15.5. The minimum Gasteiger partial charge on any atom is -0.353 e. The Hall–Kier alpha value is -0.410. The van der Waals surface area contributed by atoms with E-state index < -0.39 is 0 Å². The number of hydrogen-bond acceptors (Lipinski definition) is 2. The van der Waals surface area contributed by atoms with Crippen molar-refractivity contribution in [1.82, 2.24) is 0 Å². The molecular formula is C19H35FO2. The second-order valence-electron chi connectivity index (χ2n) is 6.23. The van der Waals surface area contributed by atoms with Crippen molar-refractivity contribution < 1.29 is 13.9 Å². The Bertz CT molecular complexity index is 250. The first-order valence-corrected chi connectivity index (χ1v) is 9.37. The normalized spacial score (nSPS) is 19.0. The van der Waals surface area contributed by atoms with E-state index >= 15 is 0 Å². The van der Waals surface area contributed by atoms with Crippen LogP contribution in [-0.2, 0) is 9.47 Å². The van der Waals surface area contributed by atoms with Crippen LogP contribution in [0.1, 0.15) is 83.5 Å². The number of allylic oxidation sites excluding steroid dienone is 1. The topological polar surface area (TPSA) is 18.5 Å². The summed E-state index contributed by atoms with van der Waals surface area (Å²) in [7, 11) is 0. The van der Waals surface area contributed by atoms with Gasteiger partial charge in [-0.15, -0.1) is 0 Å². The van der Waals surface area contributed by atoms with Gasteiger partial charge >= 0.3 is 0 Å². The molecule has 0 radical (unpaired) electrons. The number of rotatable bonds is 14. The van der Waals surface area contributed by atoms with Crippen LogP contribution in [0.4, 0.5) is 4.39 Å². The van der Waals surface area contributed by atoms with Gasteiger partial charge in [0.25, 0.3) is 0 Å². The van der Waals surface area contributed by atoms with E-state index in [0.717, 1.165) is 38.9 Å². The molecule has 0 aromatic rings. The van der Waals surface area contributed by atoms with Crippen LogP contribution in [-0.4, -0.2) is 26.2 Å². The van der Waals surface area contributed by atoms with Crippen LogP contribution in [0.15, 0.2) is 12.2 Å². The van der Waals surface area contributed by atoms with Crippen LogP contribution in [0, 0.1) is 0 Å². The maximum atomic E-state index is 11.9. The fourth-order valence-corrected chi connectivity index (χ4v) is 2.76. The van der Waals surface area contributed by atoms with E-state index in [1.165, 1.54) is 57.8 Å². The van der Waals surface area contributed by atoms with E-state index in [-0.39, 0.29) is 13.0 Å². The number of alkyl halides is 1. The highest BCUT2D eigenvalue weighted by atomic mass is 19.1. The molecular weight excluding hydrogens is 279 g/mol. The first-order chi connectivity index (χ1) is 10.9. The molecule has 1 saturated heterocycles. The Morgan fingerprint density at radius 3 is 2.23 bits per heavy atom. The summed E-state index contributed by atoms with van der Waals surface area (Å²) in [5.41, 5.74) is 0. The average molecular weight is 314 g/mol. The maximum Gasteiger partial charge on any atom is 0.157 e. The molecule has 0 bridgehead atoms. The van der Waals surface area contributed by atoms with Crippen LogP contribution in [0.5, 0.6) is 0 Å². The average Bonchev–Trinajstić information content (AvgIpc) is 2.56. The Morgan fingerprint density at radius 2 is 1.55 bits per heavy atom. The van der Waals surface area contributed by atoms with Crippen LogP contribution in [0.2, 0.25) is 0 Å². The lowest BCUT2D eigenvalue weighted by molar-refractivity contribution is -0.161. The fraction of sp³-hybridized carbons (Fsp3) is 0.895. The molecule has 0 spiro atoms. The van der Waals surface area contributed by atoms with E-state index in [4.69, 9.17) is 9.47 Å². The van der Waals surface area contributed by atoms with Crippen LogP contribution >= 0.6 is 0 Å². The quantitative estimate of drug-likeness (QED) is 0.291. The summed E-state index contributed by atoms with van der Waals surface area (Å²) in [6.07, 6.45) is 19.7. The first-order valence-electron chi connectivity index (χ1n) is 9.37. The number of halogens is 1. The standard InChI is InChI=1S/C19H35FO2/c20-16-12-9-7-5-3-1-2-4-6-8-10-13-17-21-19-15-11-14-18-22-19/h8,10,19H,1-7,9,11-18H2. The first kappa shape index (κ1) is 19.6. The second-order valence-corrected chi connectivity index (χ2v) is 6.23. The molecule has 0 amide bonds. The smallest absolute Gasteiger partial charge is 0.157 e. The van der Waals surface area contributed by atoms with Crippen molar-refractivity contribution in [2.75, 3.05) is 19.9 Å². The van der Waals surface area contributed by atoms with Gasteiger partial charge in [0.15, 0.2) is 6.29 Å². The summed E-state index contributed by atoms with van der Waals surface area (Å²) in [4.78, 5) is 0. The largest absolute Gasteiger partial charge is 0.353 e. The molecule has 1 aliphatic heterocycles. The van der Waals surface area contributed by atoms with Gasteiger partial charge in [0, 0.05) is 6.61 Å². The summed E-state index contributed by atoms with van der Waals surface area (Å²) < 4.78 is 23.1. The molecule has 1 atom stereocenters. The van der Waals surface area contributed by atoms with Crippen molar-refractivity contribution in [2.24, 2.45) is 0 Å². The van der Waals surface area contributed by atoms with Gasteiger partial charge in [0.1, 0.15) is 0 Å². The van der Waals surface area contributed by atoms with E-state index in [9.17, 15) is 4.39 Å². The minimum absolute atomic E-state index is 0.0482. The molecule has 0 aromatic carbocycles. The maximum absolute atomic E-state index is 11.9. The summed E-state index contributed by atoms with van der Waals surface area (Å²) in [6, 6.07) is 0.